The smallest absolute Gasteiger partial charge is 0.312 e. The molecule has 0 bridgehead atoms. The summed E-state index contributed by atoms with van der Waals surface area (Å²) in [6.45, 7) is 0.652. The molecule has 0 aromatic heterocycles. The summed E-state index contributed by atoms with van der Waals surface area (Å²) in [6.07, 6.45) is 0.255. The van der Waals surface area contributed by atoms with Crippen LogP contribution in [0.15, 0.2) is 0 Å². The van der Waals surface area contributed by atoms with Gasteiger partial charge in [0, 0.05) is 18.8 Å². The zero-order valence-electron chi connectivity index (χ0n) is 12.2. The third-order valence-electron chi connectivity index (χ3n) is 4.44. The number of alkyl halides is 3. The van der Waals surface area contributed by atoms with Crippen LogP contribution in [0, 0.1) is 5.92 Å². The standard InChI is InChI=1S/C13H23F3N2O2S/c1-21(19,20)12-4-2-3-11(12)17-7-10-5-6-18(8-10)9-13(14,15)16/h10-12,17H,2-9H2,1H3. The number of nitrogens with one attached hydrogen (secondary N) is 1. The molecule has 1 saturated carbocycles. The van der Waals surface area contributed by atoms with Crippen molar-refractivity contribution in [1.29, 1.82) is 0 Å². The number of sulfone groups is 1. The van der Waals surface area contributed by atoms with Gasteiger partial charge < -0.3 is 5.32 Å². The first-order valence-corrected chi connectivity index (χ1v) is 9.32. The summed E-state index contributed by atoms with van der Waals surface area (Å²) >= 11 is 0. The Morgan fingerprint density at radius 1 is 1.24 bits per heavy atom. The Morgan fingerprint density at radius 3 is 2.57 bits per heavy atom. The van der Waals surface area contributed by atoms with Gasteiger partial charge >= 0.3 is 6.18 Å². The van der Waals surface area contributed by atoms with Gasteiger partial charge in [-0.1, -0.05) is 6.42 Å². The van der Waals surface area contributed by atoms with Gasteiger partial charge in [-0.15, -0.1) is 0 Å². The monoisotopic (exact) mass is 328 g/mol. The molecule has 3 atom stereocenters. The Bertz CT molecular complexity index is 453. The van der Waals surface area contributed by atoms with Crippen LogP contribution in [0.4, 0.5) is 13.2 Å². The van der Waals surface area contributed by atoms with E-state index in [0.717, 1.165) is 19.3 Å². The first-order chi connectivity index (χ1) is 9.65. The van der Waals surface area contributed by atoms with E-state index in [9.17, 15) is 21.6 Å². The number of hydrogen-bond acceptors (Lipinski definition) is 4. The molecule has 3 unspecified atom stereocenters. The molecule has 8 heteroatoms. The highest BCUT2D eigenvalue weighted by molar-refractivity contribution is 7.91. The number of rotatable bonds is 5. The lowest BCUT2D eigenvalue weighted by molar-refractivity contribution is -0.143. The molecule has 0 radical (unpaired) electrons. The highest BCUT2D eigenvalue weighted by atomic mass is 32.2. The Hall–Kier alpha value is -0.340. The van der Waals surface area contributed by atoms with Crippen LogP contribution in [0.1, 0.15) is 25.7 Å². The van der Waals surface area contributed by atoms with Gasteiger partial charge in [0.15, 0.2) is 9.84 Å². The molecule has 1 aliphatic heterocycles. The maximum absolute atomic E-state index is 12.3. The van der Waals surface area contributed by atoms with E-state index >= 15 is 0 Å². The quantitative estimate of drug-likeness (QED) is 0.829. The van der Waals surface area contributed by atoms with Crippen LogP contribution in [0.3, 0.4) is 0 Å². The average molecular weight is 328 g/mol. The molecule has 0 amide bonds. The minimum atomic E-state index is -4.14. The molecule has 4 nitrogen and oxygen atoms in total. The Labute approximate surface area is 124 Å². The fourth-order valence-corrected chi connectivity index (χ4v) is 4.89. The van der Waals surface area contributed by atoms with Gasteiger partial charge in [0.2, 0.25) is 0 Å². The number of hydrogen-bond donors (Lipinski definition) is 1. The second-order valence-electron chi connectivity index (χ2n) is 6.32. The molecule has 21 heavy (non-hydrogen) atoms. The molecule has 0 spiro atoms. The molecule has 2 fully saturated rings. The molecule has 2 rings (SSSR count). The Kier molecular flexibility index (Phi) is 5.20. The van der Waals surface area contributed by atoms with E-state index in [-0.39, 0.29) is 17.2 Å². The topological polar surface area (TPSA) is 49.4 Å². The summed E-state index contributed by atoms with van der Waals surface area (Å²) in [5.41, 5.74) is 0. The van der Waals surface area contributed by atoms with E-state index in [1.54, 1.807) is 0 Å². The lowest BCUT2D eigenvalue weighted by Crippen LogP contribution is -2.42. The number of likely N-dealkylation sites (tertiary alicyclic amines) is 1. The minimum absolute atomic E-state index is 0.0448. The molecule has 2 aliphatic rings. The van der Waals surface area contributed by atoms with E-state index in [0.29, 0.717) is 26.1 Å². The van der Waals surface area contributed by atoms with Crippen molar-refractivity contribution in [2.75, 3.05) is 32.4 Å². The summed E-state index contributed by atoms with van der Waals surface area (Å²) in [6, 6.07) is -0.0448. The van der Waals surface area contributed by atoms with Crippen LogP contribution in [0.5, 0.6) is 0 Å². The predicted molar refractivity (Wildman–Crippen MR) is 74.9 cm³/mol. The highest BCUT2D eigenvalue weighted by Gasteiger charge is 2.37. The third kappa shape index (κ3) is 5.10. The predicted octanol–water partition coefficient (Wildman–Crippen LogP) is 1.43. The van der Waals surface area contributed by atoms with E-state index < -0.39 is 22.6 Å². The summed E-state index contributed by atoms with van der Waals surface area (Å²) in [5, 5.41) is 2.93. The maximum atomic E-state index is 12.3. The van der Waals surface area contributed by atoms with Crippen molar-refractivity contribution in [3.05, 3.63) is 0 Å². The van der Waals surface area contributed by atoms with E-state index in [4.69, 9.17) is 0 Å². The van der Waals surface area contributed by atoms with Gasteiger partial charge in [0.25, 0.3) is 0 Å². The fraction of sp³-hybridized carbons (Fsp3) is 1.00. The fourth-order valence-electron chi connectivity index (χ4n) is 3.47. The van der Waals surface area contributed by atoms with Crippen LogP contribution in [-0.4, -0.2) is 63.2 Å². The van der Waals surface area contributed by atoms with Crippen LogP contribution in [0.25, 0.3) is 0 Å². The second-order valence-corrected chi connectivity index (χ2v) is 8.58. The summed E-state index contributed by atoms with van der Waals surface area (Å²) in [4.78, 5) is 1.43. The largest absolute Gasteiger partial charge is 0.401 e. The van der Waals surface area contributed by atoms with Gasteiger partial charge in [-0.3, -0.25) is 4.90 Å². The molecular weight excluding hydrogens is 305 g/mol. The van der Waals surface area contributed by atoms with E-state index in [1.807, 2.05) is 0 Å². The second kappa shape index (κ2) is 6.42. The number of halogens is 3. The molecule has 1 aliphatic carbocycles. The normalized spacial score (nSPS) is 31.9. The van der Waals surface area contributed by atoms with Gasteiger partial charge in [0.05, 0.1) is 11.8 Å². The van der Waals surface area contributed by atoms with Crippen molar-refractivity contribution in [2.45, 2.75) is 43.2 Å². The Morgan fingerprint density at radius 2 is 1.95 bits per heavy atom. The van der Waals surface area contributed by atoms with Gasteiger partial charge in [-0.2, -0.15) is 13.2 Å². The van der Waals surface area contributed by atoms with Crippen molar-refractivity contribution < 1.29 is 21.6 Å². The summed E-state index contributed by atoms with van der Waals surface area (Å²) in [5.74, 6) is 0.174. The van der Waals surface area contributed by atoms with Crippen molar-refractivity contribution in [1.82, 2.24) is 10.2 Å². The zero-order valence-corrected chi connectivity index (χ0v) is 13.0. The van der Waals surface area contributed by atoms with Gasteiger partial charge in [0.1, 0.15) is 0 Å². The number of nitrogens with zero attached hydrogens (tertiary/aromatic N) is 1. The van der Waals surface area contributed by atoms with Gasteiger partial charge in [-0.05, 0) is 38.3 Å². The lowest BCUT2D eigenvalue weighted by atomic mass is 10.1. The van der Waals surface area contributed by atoms with Crippen molar-refractivity contribution >= 4 is 9.84 Å². The minimum Gasteiger partial charge on any atom is -0.312 e. The van der Waals surface area contributed by atoms with Gasteiger partial charge in [-0.25, -0.2) is 8.42 Å². The lowest BCUT2D eigenvalue weighted by Gasteiger charge is -2.22. The first kappa shape index (κ1) is 17.0. The van der Waals surface area contributed by atoms with Crippen LogP contribution in [0.2, 0.25) is 0 Å². The first-order valence-electron chi connectivity index (χ1n) is 7.36. The molecule has 0 aromatic rings. The van der Waals surface area contributed by atoms with Crippen molar-refractivity contribution in [3.8, 4) is 0 Å². The summed E-state index contributed by atoms with van der Waals surface area (Å²) in [7, 11) is -3.05. The molecule has 1 heterocycles. The molecule has 124 valence electrons. The Balaban J connectivity index is 1.77. The van der Waals surface area contributed by atoms with E-state index in [1.165, 1.54) is 11.2 Å². The molecule has 1 N–H and O–H groups in total. The third-order valence-corrected chi connectivity index (χ3v) is 6.11. The molecular formula is C13H23F3N2O2S. The highest BCUT2D eigenvalue weighted by Crippen LogP contribution is 2.26. The average Bonchev–Trinajstić information content (AvgIpc) is 2.91. The van der Waals surface area contributed by atoms with E-state index in [2.05, 4.69) is 5.32 Å². The SMILES string of the molecule is CS(=O)(=O)C1CCCC1NCC1CCN(CC(F)(F)F)C1. The van der Waals surface area contributed by atoms with Crippen LogP contribution >= 0.6 is 0 Å². The molecule has 1 saturated heterocycles. The van der Waals surface area contributed by atoms with Crippen molar-refractivity contribution in [2.24, 2.45) is 5.92 Å². The molecule has 0 aromatic carbocycles. The zero-order chi connectivity index (χ0) is 15.7. The van der Waals surface area contributed by atoms with Crippen molar-refractivity contribution in [3.63, 3.8) is 0 Å². The summed E-state index contributed by atoms with van der Waals surface area (Å²) < 4.78 is 60.3. The van der Waals surface area contributed by atoms with Crippen LogP contribution in [-0.2, 0) is 9.84 Å². The van der Waals surface area contributed by atoms with Crippen LogP contribution < -0.4 is 5.32 Å². The maximum Gasteiger partial charge on any atom is 0.401 e.